The molecule has 0 saturated carbocycles. The van der Waals surface area contributed by atoms with Crippen molar-refractivity contribution < 1.29 is 19.4 Å². The number of benzene rings is 1. The van der Waals surface area contributed by atoms with E-state index in [2.05, 4.69) is 5.32 Å². The summed E-state index contributed by atoms with van der Waals surface area (Å²) < 4.78 is 10.7. The van der Waals surface area contributed by atoms with E-state index in [0.717, 1.165) is 12.2 Å². The highest BCUT2D eigenvalue weighted by molar-refractivity contribution is 5.77. The zero-order valence-electron chi connectivity index (χ0n) is 12.8. The van der Waals surface area contributed by atoms with Crippen molar-refractivity contribution in [3.63, 3.8) is 0 Å². The van der Waals surface area contributed by atoms with Gasteiger partial charge in [-0.1, -0.05) is 13.3 Å². The lowest BCUT2D eigenvalue weighted by atomic mass is 10.0. The molecule has 0 aromatic heterocycles. The van der Waals surface area contributed by atoms with Gasteiger partial charge < -0.3 is 19.9 Å². The normalized spacial score (nSPS) is 11.8. The van der Waals surface area contributed by atoms with E-state index < -0.39 is 0 Å². The highest BCUT2D eigenvalue weighted by Gasteiger charge is 2.08. The molecule has 0 aliphatic heterocycles. The predicted octanol–water partition coefficient (Wildman–Crippen LogP) is 1.99. The summed E-state index contributed by atoms with van der Waals surface area (Å²) in [5, 5.41) is 11.7. The van der Waals surface area contributed by atoms with Crippen LogP contribution in [-0.4, -0.2) is 37.4 Å². The Morgan fingerprint density at radius 3 is 2.33 bits per heavy atom. The fraction of sp³-hybridized carbons (Fsp3) is 0.562. The first-order valence-corrected chi connectivity index (χ1v) is 7.42. The lowest BCUT2D eigenvalue weighted by Crippen LogP contribution is -2.33. The molecular formula is C16H25NO4. The van der Waals surface area contributed by atoms with Gasteiger partial charge in [0.2, 0.25) is 0 Å². The van der Waals surface area contributed by atoms with E-state index in [1.54, 1.807) is 12.1 Å². The van der Waals surface area contributed by atoms with Gasteiger partial charge in [-0.2, -0.15) is 0 Å². The maximum absolute atomic E-state index is 11.7. The largest absolute Gasteiger partial charge is 0.494 e. The van der Waals surface area contributed by atoms with Crippen LogP contribution in [0.5, 0.6) is 11.5 Å². The van der Waals surface area contributed by atoms with Crippen molar-refractivity contribution in [1.29, 1.82) is 0 Å². The summed E-state index contributed by atoms with van der Waals surface area (Å²) >= 11 is 0. The number of hydrogen-bond donors (Lipinski definition) is 2. The average Bonchev–Trinajstić information content (AvgIpc) is 2.51. The van der Waals surface area contributed by atoms with Crippen molar-refractivity contribution in [3.8, 4) is 11.5 Å². The van der Waals surface area contributed by atoms with Gasteiger partial charge in [0.25, 0.3) is 5.91 Å². The summed E-state index contributed by atoms with van der Waals surface area (Å²) in [5.41, 5.74) is 0. The molecule has 0 aliphatic rings. The van der Waals surface area contributed by atoms with Crippen LogP contribution in [0.3, 0.4) is 0 Å². The SMILES string of the molecule is CCOc1ccc(OCC(=O)NCC(CC)CCO)cc1. The van der Waals surface area contributed by atoms with Crippen LogP contribution in [0.4, 0.5) is 0 Å². The molecule has 0 saturated heterocycles. The Balaban J connectivity index is 2.28. The number of hydrogen-bond acceptors (Lipinski definition) is 4. The molecule has 118 valence electrons. The van der Waals surface area contributed by atoms with Crippen molar-refractivity contribution in [2.45, 2.75) is 26.7 Å². The molecule has 0 bridgehead atoms. The van der Waals surface area contributed by atoms with Crippen molar-refractivity contribution >= 4 is 5.91 Å². The summed E-state index contributed by atoms with van der Waals surface area (Å²) in [5.74, 6) is 1.57. The summed E-state index contributed by atoms with van der Waals surface area (Å²) in [7, 11) is 0. The van der Waals surface area contributed by atoms with E-state index in [1.807, 2.05) is 26.0 Å². The molecule has 0 fully saturated rings. The molecule has 5 nitrogen and oxygen atoms in total. The number of aliphatic hydroxyl groups excluding tert-OH is 1. The van der Waals surface area contributed by atoms with Crippen LogP contribution in [0.1, 0.15) is 26.7 Å². The van der Waals surface area contributed by atoms with Gasteiger partial charge in [-0.3, -0.25) is 4.79 Å². The van der Waals surface area contributed by atoms with Gasteiger partial charge in [-0.15, -0.1) is 0 Å². The topological polar surface area (TPSA) is 67.8 Å². The van der Waals surface area contributed by atoms with Gasteiger partial charge >= 0.3 is 0 Å². The van der Waals surface area contributed by atoms with E-state index in [9.17, 15) is 4.79 Å². The molecule has 21 heavy (non-hydrogen) atoms. The molecule has 1 rings (SSSR count). The van der Waals surface area contributed by atoms with Gasteiger partial charge in [-0.05, 0) is 43.5 Å². The van der Waals surface area contributed by atoms with Crippen LogP contribution < -0.4 is 14.8 Å². The van der Waals surface area contributed by atoms with Crippen molar-refractivity contribution in [2.24, 2.45) is 5.92 Å². The molecule has 1 atom stereocenters. The smallest absolute Gasteiger partial charge is 0.257 e. The average molecular weight is 295 g/mol. The third kappa shape index (κ3) is 6.99. The van der Waals surface area contributed by atoms with Crippen LogP contribution in [0.2, 0.25) is 0 Å². The Labute approximate surface area is 126 Å². The third-order valence-corrected chi connectivity index (χ3v) is 3.21. The monoisotopic (exact) mass is 295 g/mol. The Bertz CT molecular complexity index is 405. The molecule has 0 aliphatic carbocycles. The van der Waals surface area contributed by atoms with E-state index >= 15 is 0 Å². The van der Waals surface area contributed by atoms with Gasteiger partial charge in [0.15, 0.2) is 6.61 Å². The molecule has 0 spiro atoms. The van der Waals surface area contributed by atoms with Crippen LogP contribution in [0.15, 0.2) is 24.3 Å². The van der Waals surface area contributed by atoms with Crippen LogP contribution in [0.25, 0.3) is 0 Å². The zero-order valence-corrected chi connectivity index (χ0v) is 12.8. The molecule has 0 radical (unpaired) electrons. The minimum Gasteiger partial charge on any atom is -0.494 e. The van der Waals surface area contributed by atoms with E-state index in [0.29, 0.717) is 31.2 Å². The van der Waals surface area contributed by atoms with Crippen molar-refractivity contribution in [2.75, 3.05) is 26.4 Å². The van der Waals surface area contributed by atoms with Crippen LogP contribution in [0, 0.1) is 5.92 Å². The van der Waals surface area contributed by atoms with Gasteiger partial charge in [-0.25, -0.2) is 0 Å². The van der Waals surface area contributed by atoms with Gasteiger partial charge in [0.1, 0.15) is 11.5 Å². The molecule has 5 heteroatoms. The van der Waals surface area contributed by atoms with Crippen molar-refractivity contribution in [3.05, 3.63) is 24.3 Å². The Kier molecular flexibility index (Phi) is 8.28. The lowest BCUT2D eigenvalue weighted by Gasteiger charge is -2.14. The molecular weight excluding hydrogens is 270 g/mol. The second-order valence-electron chi connectivity index (χ2n) is 4.78. The molecule has 1 amide bonds. The standard InChI is InChI=1S/C16H25NO4/c1-3-13(9-10-18)11-17-16(19)12-21-15-7-5-14(6-8-15)20-4-2/h5-8,13,18H,3-4,9-12H2,1-2H3,(H,17,19). The fourth-order valence-corrected chi connectivity index (χ4v) is 1.89. The summed E-state index contributed by atoms with van der Waals surface area (Å²) in [6.45, 7) is 5.30. The number of ether oxygens (including phenoxy) is 2. The number of nitrogens with one attached hydrogen (secondary N) is 1. The zero-order chi connectivity index (χ0) is 15.5. The summed E-state index contributed by atoms with van der Waals surface area (Å²) in [6.07, 6.45) is 1.64. The van der Waals surface area contributed by atoms with Gasteiger partial charge in [0, 0.05) is 13.2 Å². The summed E-state index contributed by atoms with van der Waals surface area (Å²) in [4.78, 5) is 11.7. The Morgan fingerprint density at radius 2 is 1.81 bits per heavy atom. The lowest BCUT2D eigenvalue weighted by molar-refractivity contribution is -0.123. The van der Waals surface area contributed by atoms with Crippen LogP contribution in [-0.2, 0) is 4.79 Å². The highest BCUT2D eigenvalue weighted by Crippen LogP contribution is 2.17. The molecule has 1 unspecified atom stereocenters. The second-order valence-corrected chi connectivity index (χ2v) is 4.78. The van der Waals surface area contributed by atoms with E-state index in [-0.39, 0.29) is 19.1 Å². The van der Waals surface area contributed by atoms with E-state index in [1.165, 1.54) is 0 Å². The number of carbonyl (C=O) groups is 1. The summed E-state index contributed by atoms with van der Waals surface area (Å²) in [6, 6.07) is 7.17. The van der Waals surface area contributed by atoms with Gasteiger partial charge in [0.05, 0.1) is 6.61 Å². The molecule has 2 N–H and O–H groups in total. The maximum Gasteiger partial charge on any atom is 0.257 e. The minimum absolute atomic E-state index is 0.0104. The van der Waals surface area contributed by atoms with Crippen LogP contribution >= 0.6 is 0 Å². The van der Waals surface area contributed by atoms with E-state index in [4.69, 9.17) is 14.6 Å². The molecule has 1 aromatic rings. The number of aliphatic hydroxyl groups is 1. The predicted molar refractivity (Wildman–Crippen MR) is 81.6 cm³/mol. The Hall–Kier alpha value is -1.75. The third-order valence-electron chi connectivity index (χ3n) is 3.21. The number of rotatable bonds is 10. The second kappa shape index (κ2) is 10.0. The maximum atomic E-state index is 11.7. The highest BCUT2D eigenvalue weighted by atomic mass is 16.5. The first kappa shape index (κ1) is 17.3. The van der Waals surface area contributed by atoms with Crippen molar-refractivity contribution in [1.82, 2.24) is 5.32 Å². The first-order chi connectivity index (χ1) is 10.2. The Morgan fingerprint density at radius 1 is 1.19 bits per heavy atom. The molecule has 0 heterocycles. The quantitative estimate of drug-likeness (QED) is 0.692. The number of amides is 1. The minimum atomic E-state index is -0.153. The number of carbonyl (C=O) groups excluding carboxylic acids is 1. The first-order valence-electron chi connectivity index (χ1n) is 7.42. The fourth-order valence-electron chi connectivity index (χ4n) is 1.89. The molecule has 1 aromatic carbocycles.